The van der Waals surface area contributed by atoms with E-state index in [0.717, 1.165) is 28.1 Å². The highest BCUT2D eigenvalue weighted by molar-refractivity contribution is 6.30. The number of anilines is 3. The Balaban J connectivity index is 1.80. The molecule has 3 aromatic rings. The van der Waals surface area contributed by atoms with Gasteiger partial charge in [-0.05, 0) is 56.2 Å². The lowest BCUT2D eigenvalue weighted by atomic mass is 10.1. The van der Waals surface area contributed by atoms with Crippen LogP contribution in [0.3, 0.4) is 0 Å². The fraction of sp³-hybridized carbons (Fsp3) is 0.150. The molecule has 0 aliphatic heterocycles. The van der Waals surface area contributed by atoms with Crippen LogP contribution in [-0.2, 0) is 0 Å². The lowest BCUT2D eigenvalue weighted by Crippen LogP contribution is -2.15. The summed E-state index contributed by atoms with van der Waals surface area (Å²) in [5, 5.41) is 6.60. The SMILES string of the molecule is Cc1ccc(NC(=O)c2ccnc(Nc3cc(Cl)ccc3C)n2)c(C)c1. The topological polar surface area (TPSA) is 66.9 Å². The van der Waals surface area contributed by atoms with Crippen LogP contribution in [0.4, 0.5) is 17.3 Å². The molecule has 0 aliphatic rings. The molecule has 2 aromatic carbocycles. The van der Waals surface area contributed by atoms with Gasteiger partial charge in [0.25, 0.3) is 5.91 Å². The molecular formula is C20H19ClN4O. The lowest BCUT2D eigenvalue weighted by Gasteiger charge is -2.11. The standard InChI is InChI=1S/C20H19ClN4O/c1-12-4-7-16(14(3)10-12)23-19(26)17-8-9-22-20(24-17)25-18-11-15(21)6-5-13(18)2/h4-11H,1-3H3,(H,23,26)(H,22,24,25). The number of nitrogens with zero attached hydrogens (tertiary/aromatic N) is 2. The Bertz CT molecular complexity index is 972. The molecule has 2 N–H and O–H groups in total. The minimum atomic E-state index is -0.287. The van der Waals surface area contributed by atoms with Gasteiger partial charge in [-0.15, -0.1) is 0 Å². The van der Waals surface area contributed by atoms with E-state index in [2.05, 4.69) is 20.6 Å². The summed E-state index contributed by atoms with van der Waals surface area (Å²) in [6.07, 6.45) is 1.55. The van der Waals surface area contributed by atoms with Gasteiger partial charge in [-0.25, -0.2) is 9.97 Å². The summed E-state index contributed by atoms with van der Waals surface area (Å²) in [7, 11) is 0. The van der Waals surface area contributed by atoms with Crippen molar-refractivity contribution >= 4 is 34.8 Å². The number of aromatic nitrogens is 2. The average molecular weight is 367 g/mol. The summed E-state index contributed by atoms with van der Waals surface area (Å²) < 4.78 is 0. The van der Waals surface area contributed by atoms with E-state index in [4.69, 9.17) is 11.6 Å². The predicted octanol–water partition coefficient (Wildman–Crippen LogP) is 5.05. The zero-order valence-corrected chi connectivity index (χ0v) is 15.6. The number of nitrogens with one attached hydrogen (secondary N) is 2. The number of hydrogen-bond acceptors (Lipinski definition) is 4. The smallest absolute Gasteiger partial charge is 0.274 e. The first-order chi connectivity index (χ1) is 12.4. The Hall–Kier alpha value is -2.92. The van der Waals surface area contributed by atoms with E-state index in [9.17, 15) is 4.79 Å². The highest BCUT2D eigenvalue weighted by Crippen LogP contribution is 2.23. The maximum Gasteiger partial charge on any atom is 0.274 e. The Kier molecular flexibility index (Phi) is 5.19. The zero-order valence-electron chi connectivity index (χ0n) is 14.8. The van der Waals surface area contributed by atoms with E-state index >= 15 is 0 Å². The van der Waals surface area contributed by atoms with Crippen molar-refractivity contribution < 1.29 is 4.79 Å². The van der Waals surface area contributed by atoms with E-state index in [-0.39, 0.29) is 11.6 Å². The maximum atomic E-state index is 12.5. The fourth-order valence-electron chi connectivity index (χ4n) is 2.53. The van der Waals surface area contributed by atoms with Crippen molar-refractivity contribution in [1.29, 1.82) is 0 Å². The molecule has 0 spiro atoms. The first-order valence-corrected chi connectivity index (χ1v) is 8.55. The average Bonchev–Trinajstić information content (AvgIpc) is 2.61. The molecule has 0 fully saturated rings. The zero-order chi connectivity index (χ0) is 18.7. The second-order valence-electron chi connectivity index (χ2n) is 6.12. The van der Waals surface area contributed by atoms with Gasteiger partial charge < -0.3 is 10.6 Å². The molecule has 0 saturated heterocycles. The Morgan fingerprint density at radius 3 is 2.54 bits per heavy atom. The van der Waals surface area contributed by atoms with Crippen molar-refractivity contribution in [2.24, 2.45) is 0 Å². The van der Waals surface area contributed by atoms with Crippen molar-refractivity contribution in [1.82, 2.24) is 9.97 Å². The van der Waals surface area contributed by atoms with Gasteiger partial charge in [0.1, 0.15) is 5.69 Å². The molecule has 0 atom stereocenters. The molecular weight excluding hydrogens is 348 g/mol. The Morgan fingerprint density at radius 1 is 0.962 bits per heavy atom. The summed E-state index contributed by atoms with van der Waals surface area (Å²) in [6, 6.07) is 13.0. The highest BCUT2D eigenvalue weighted by atomic mass is 35.5. The molecule has 5 nitrogen and oxygen atoms in total. The van der Waals surface area contributed by atoms with Gasteiger partial charge in [-0.1, -0.05) is 35.4 Å². The molecule has 0 bridgehead atoms. The fourth-order valence-corrected chi connectivity index (χ4v) is 2.71. The van der Waals surface area contributed by atoms with Crippen molar-refractivity contribution in [2.75, 3.05) is 10.6 Å². The van der Waals surface area contributed by atoms with Crippen molar-refractivity contribution in [3.05, 3.63) is 76.1 Å². The molecule has 132 valence electrons. The Labute approximate surface area is 157 Å². The van der Waals surface area contributed by atoms with Crippen LogP contribution in [0.2, 0.25) is 5.02 Å². The van der Waals surface area contributed by atoms with Crippen LogP contribution in [0, 0.1) is 20.8 Å². The van der Waals surface area contributed by atoms with Gasteiger partial charge in [0.15, 0.2) is 0 Å². The second-order valence-corrected chi connectivity index (χ2v) is 6.56. The van der Waals surface area contributed by atoms with Gasteiger partial charge >= 0.3 is 0 Å². The number of benzene rings is 2. The monoisotopic (exact) mass is 366 g/mol. The number of amides is 1. The van der Waals surface area contributed by atoms with E-state index in [0.29, 0.717) is 11.0 Å². The number of hydrogen-bond donors (Lipinski definition) is 2. The van der Waals surface area contributed by atoms with E-state index < -0.39 is 0 Å². The normalized spacial score (nSPS) is 10.5. The van der Waals surface area contributed by atoms with Gasteiger partial charge in [0, 0.05) is 22.6 Å². The van der Waals surface area contributed by atoms with Gasteiger partial charge in [-0.2, -0.15) is 0 Å². The molecule has 26 heavy (non-hydrogen) atoms. The third kappa shape index (κ3) is 4.18. The van der Waals surface area contributed by atoms with Gasteiger partial charge in [-0.3, -0.25) is 4.79 Å². The molecule has 0 unspecified atom stereocenters. The quantitative estimate of drug-likeness (QED) is 0.678. The molecule has 1 aromatic heterocycles. The first-order valence-electron chi connectivity index (χ1n) is 8.17. The molecule has 1 heterocycles. The van der Waals surface area contributed by atoms with Crippen molar-refractivity contribution in [3.8, 4) is 0 Å². The van der Waals surface area contributed by atoms with Crippen molar-refractivity contribution in [2.45, 2.75) is 20.8 Å². The summed E-state index contributed by atoms with van der Waals surface area (Å²) in [6.45, 7) is 5.92. The molecule has 0 saturated carbocycles. The van der Waals surface area contributed by atoms with Crippen molar-refractivity contribution in [3.63, 3.8) is 0 Å². The highest BCUT2D eigenvalue weighted by Gasteiger charge is 2.11. The van der Waals surface area contributed by atoms with Crippen LogP contribution in [0.1, 0.15) is 27.2 Å². The van der Waals surface area contributed by atoms with Gasteiger partial charge in [0.05, 0.1) is 0 Å². The number of carbonyl (C=O) groups is 1. The second kappa shape index (κ2) is 7.54. The summed E-state index contributed by atoms with van der Waals surface area (Å²) in [5.41, 5.74) is 4.99. The van der Waals surface area contributed by atoms with Crippen LogP contribution in [-0.4, -0.2) is 15.9 Å². The van der Waals surface area contributed by atoms with Crippen LogP contribution in [0.15, 0.2) is 48.7 Å². The van der Waals surface area contributed by atoms with E-state index in [1.165, 1.54) is 0 Å². The maximum absolute atomic E-state index is 12.5. The third-order valence-corrected chi connectivity index (χ3v) is 4.20. The number of rotatable bonds is 4. The number of aryl methyl sites for hydroxylation is 3. The largest absolute Gasteiger partial charge is 0.324 e. The van der Waals surface area contributed by atoms with Crippen LogP contribution >= 0.6 is 11.6 Å². The van der Waals surface area contributed by atoms with E-state index in [1.807, 2.05) is 51.1 Å². The minimum absolute atomic E-state index is 0.280. The lowest BCUT2D eigenvalue weighted by molar-refractivity contribution is 0.102. The van der Waals surface area contributed by atoms with Gasteiger partial charge in [0.2, 0.25) is 5.95 Å². The third-order valence-electron chi connectivity index (χ3n) is 3.96. The van der Waals surface area contributed by atoms with E-state index in [1.54, 1.807) is 18.3 Å². The molecule has 1 amide bonds. The molecule has 0 radical (unpaired) electrons. The summed E-state index contributed by atoms with van der Waals surface area (Å²) >= 11 is 6.04. The first kappa shape index (κ1) is 17.9. The predicted molar refractivity (Wildman–Crippen MR) is 105 cm³/mol. The molecule has 6 heteroatoms. The number of carbonyl (C=O) groups excluding carboxylic acids is 1. The molecule has 3 rings (SSSR count). The minimum Gasteiger partial charge on any atom is -0.324 e. The van der Waals surface area contributed by atoms with Crippen LogP contribution in [0.25, 0.3) is 0 Å². The summed E-state index contributed by atoms with van der Waals surface area (Å²) in [5.74, 6) is 0.0499. The van der Waals surface area contributed by atoms with Crippen LogP contribution in [0.5, 0.6) is 0 Å². The summed E-state index contributed by atoms with van der Waals surface area (Å²) in [4.78, 5) is 21.0. The number of halogens is 1. The molecule has 0 aliphatic carbocycles. The Morgan fingerprint density at radius 2 is 1.77 bits per heavy atom. The van der Waals surface area contributed by atoms with Crippen LogP contribution < -0.4 is 10.6 Å².